The molecule has 1 aromatic heterocycles. The van der Waals surface area contributed by atoms with Crippen LogP contribution in [-0.4, -0.2) is 4.98 Å². The first-order valence-electron chi connectivity index (χ1n) is 4.35. The monoisotopic (exact) mass is 269 g/mol. The van der Waals surface area contributed by atoms with Crippen molar-refractivity contribution >= 4 is 32.5 Å². The fraction of sp³-hybridized carbons (Fsp3) is 0.100. The molecule has 0 saturated carbocycles. The third kappa shape index (κ3) is 1.57. The lowest BCUT2D eigenvalue weighted by atomic mass is 10.1. The standard InChI is InChI=1S/C10H9BrFN3/c1-5-4-6(11)9(12)8-7(15-13)2-3-14-10(5)8/h2-4H,13H2,1H3,(H,14,15). The molecule has 0 aliphatic heterocycles. The zero-order chi connectivity index (χ0) is 11.0. The van der Waals surface area contributed by atoms with E-state index in [1.807, 2.05) is 6.92 Å². The summed E-state index contributed by atoms with van der Waals surface area (Å²) in [5.41, 5.74) is 4.51. The molecule has 0 unspecified atom stereocenters. The first-order valence-corrected chi connectivity index (χ1v) is 5.14. The van der Waals surface area contributed by atoms with Gasteiger partial charge in [0.05, 0.1) is 21.1 Å². The fourth-order valence-corrected chi connectivity index (χ4v) is 2.09. The van der Waals surface area contributed by atoms with Gasteiger partial charge in [-0.2, -0.15) is 0 Å². The number of hydrogen-bond donors (Lipinski definition) is 2. The van der Waals surface area contributed by atoms with Crippen LogP contribution in [0.4, 0.5) is 10.1 Å². The average molecular weight is 270 g/mol. The predicted molar refractivity (Wildman–Crippen MR) is 61.9 cm³/mol. The van der Waals surface area contributed by atoms with E-state index < -0.39 is 0 Å². The van der Waals surface area contributed by atoms with E-state index >= 15 is 0 Å². The summed E-state index contributed by atoms with van der Waals surface area (Å²) in [6, 6.07) is 3.34. The number of aryl methyl sites for hydroxylation is 1. The van der Waals surface area contributed by atoms with E-state index in [0.717, 1.165) is 5.56 Å². The second-order valence-corrected chi connectivity index (χ2v) is 4.07. The molecule has 2 rings (SSSR count). The maximum absolute atomic E-state index is 13.8. The molecule has 3 N–H and O–H groups in total. The van der Waals surface area contributed by atoms with Gasteiger partial charge in [-0.25, -0.2) is 4.39 Å². The molecule has 0 saturated heterocycles. The largest absolute Gasteiger partial charge is 0.323 e. The van der Waals surface area contributed by atoms with Gasteiger partial charge in [0, 0.05) is 6.20 Å². The quantitative estimate of drug-likeness (QED) is 0.618. The Balaban J connectivity index is 2.96. The molecule has 1 aromatic carbocycles. The van der Waals surface area contributed by atoms with Crippen LogP contribution in [0.1, 0.15) is 5.56 Å². The van der Waals surface area contributed by atoms with Crippen molar-refractivity contribution in [1.29, 1.82) is 0 Å². The van der Waals surface area contributed by atoms with Gasteiger partial charge in [0.25, 0.3) is 0 Å². The molecule has 0 bridgehead atoms. The van der Waals surface area contributed by atoms with Gasteiger partial charge in [-0.05, 0) is 40.5 Å². The highest BCUT2D eigenvalue weighted by molar-refractivity contribution is 9.10. The zero-order valence-corrected chi connectivity index (χ0v) is 9.60. The number of fused-ring (bicyclic) bond motifs is 1. The van der Waals surface area contributed by atoms with E-state index in [1.54, 1.807) is 18.3 Å². The van der Waals surface area contributed by atoms with E-state index in [0.29, 0.717) is 21.1 Å². The normalized spacial score (nSPS) is 10.7. The summed E-state index contributed by atoms with van der Waals surface area (Å²) in [6.45, 7) is 1.87. The highest BCUT2D eigenvalue weighted by Crippen LogP contribution is 2.31. The van der Waals surface area contributed by atoms with Crippen LogP contribution < -0.4 is 11.3 Å². The Morgan fingerprint density at radius 1 is 1.53 bits per heavy atom. The van der Waals surface area contributed by atoms with Crippen molar-refractivity contribution in [1.82, 2.24) is 4.98 Å². The Bertz CT molecular complexity index is 528. The molecular formula is C10H9BrFN3. The van der Waals surface area contributed by atoms with Crippen LogP contribution in [0.2, 0.25) is 0 Å². The minimum Gasteiger partial charge on any atom is -0.323 e. The molecule has 0 atom stereocenters. The molecule has 15 heavy (non-hydrogen) atoms. The number of rotatable bonds is 1. The van der Waals surface area contributed by atoms with Crippen LogP contribution in [0.3, 0.4) is 0 Å². The Morgan fingerprint density at radius 3 is 2.93 bits per heavy atom. The molecule has 0 fully saturated rings. The number of nitrogens with one attached hydrogen (secondary N) is 1. The topological polar surface area (TPSA) is 50.9 Å². The van der Waals surface area contributed by atoms with Gasteiger partial charge in [0.2, 0.25) is 0 Å². The van der Waals surface area contributed by atoms with E-state index in [9.17, 15) is 4.39 Å². The van der Waals surface area contributed by atoms with Crippen LogP contribution in [0, 0.1) is 12.7 Å². The van der Waals surface area contributed by atoms with E-state index in [-0.39, 0.29) is 5.82 Å². The highest BCUT2D eigenvalue weighted by Gasteiger charge is 2.12. The number of hydrazine groups is 1. The molecule has 0 radical (unpaired) electrons. The molecule has 0 aliphatic rings. The lowest BCUT2D eigenvalue weighted by Gasteiger charge is -2.09. The molecule has 0 amide bonds. The predicted octanol–water partition coefficient (Wildman–Crippen LogP) is 2.73. The van der Waals surface area contributed by atoms with Crippen molar-refractivity contribution in [2.75, 3.05) is 5.43 Å². The number of pyridine rings is 1. The van der Waals surface area contributed by atoms with Crippen molar-refractivity contribution in [2.24, 2.45) is 5.84 Å². The first-order chi connectivity index (χ1) is 7.15. The van der Waals surface area contributed by atoms with Crippen LogP contribution in [0.5, 0.6) is 0 Å². The second kappa shape index (κ2) is 3.75. The molecule has 2 aromatic rings. The molecular weight excluding hydrogens is 261 g/mol. The lowest BCUT2D eigenvalue weighted by Crippen LogP contribution is -2.08. The van der Waals surface area contributed by atoms with Crippen molar-refractivity contribution in [2.45, 2.75) is 6.92 Å². The molecule has 78 valence electrons. The Hall–Kier alpha value is -1.20. The SMILES string of the molecule is Cc1cc(Br)c(F)c2c(NN)ccnc12. The minimum atomic E-state index is -0.350. The number of hydrogen-bond acceptors (Lipinski definition) is 3. The molecule has 5 heteroatoms. The van der Waals surface area contributed by atoms with Gasteiger partial charge < -0.3 is 5.43 Å². The van der Waals surface area contributed by atoms with Crippen LogP contribution in [0.15, 0.2) is 22.8 Å². The summed E-state index contributed by atoms with van der Waals surface area (Å²) in [4.78, 5) is 4.13. The Labute approximate surface area is 94.6 Å². The third-order valence-electron chi connectivity index (χ3n) is 2.25. The van der Waals surface area contributed by atoms with Crippen LogP contribution >= 0.6 is 15.9 Å². The summed E-state index contributed by atoms with van der Waals surface area (Å²) < 4.78 is 14.3. The molecule has 0 aliphatic carbocycles. The molecule has 1 heterocycles. The van der Waals surface area contributed by atoms with Crippen molar-refractivity contribution in [3.63, 3.8) is 0 Å². The van der Waals surface area contributed by atoms with Gasteiger partial charge in [0.1, 0.15) is 5.82 Å². The van der Waals surface area contributed by atoms with Crippen molar-refractivity contribution < 1.29 is 4.39 Å². The number of aromatic nitrogens is 1. The third-order valence-corrected chi connectivity index (χ3v) is 2.83. The maximum atomic E-state index is 13.8. The van der Waals surface area contributed by atoms with Gasteiger partial charge >= 0.3 is 0 Å². The second-order valence-electron chi connectivity index (χ2n) is 3.22. The summed E-state index contributed by atoms with van der Waals surface area (Å²) in [7, 11) is 0. The number of nitrogens with zero attached hydrogens (tertiary/aromatic N) is 1. The maximum Gasteiger partial charge on any atom is 0.148 e. The van der Waals surface area contributed by atoms with Crippen LogP contribution in [0.25, 0.3) is 10.9 Å². The Kier molecular flexibility index (Phi) is 2.58. The summed E-state index contributed by atoms with van der Waals surface area (Å²) in [5.74, 6) is 4.97. The highest BCUT2D eigenvalue weighted by atomic mass is 79.9. The Morgan fingerprint density at radius 2 is 2.27 bits per heavy atom. The molecule has 0 spiro atoms. The number of nitrogens with two attached hydrogens (primary N) is 1. The smallest absolute Gasteiger partial charge is 0.148 e. The van der Waals surface area contributed by atoms with Crippen LogP contribution in [-0.2, 0) is 0 Å². The van der Waals surface area contributed by atoms with Gasteiger partial charge in [-0.3, -0.25) is 10.8 Å². The fourth-order valence-electron chi connectivity index (χ4n) is 1.54. The van der Waals surface area contributed by atoms with Gasteiger partial charge in [-0.15, -0.1) is 0 Å². The average Bonchev–Trinajstić information content (AvgIpc) is 2.25. The number of anilines is 1. The number of nitrogen functional groups attached to an aromatic ring is 1. The van der Waals surface area contributed by atoms with Crippen molar-refractivity contribution in [3.8, 4) is 0 Å². The summed E-state index contributed by atoms with van der Waals surface area (Å²) in [6.07, 6.45) is 1.60. The first kappa shape index (κ1) is 10.3. The van der Waals surface area contributed by atoms with Crippen molar-refractivity contribution in [3.05, 3.63) is 34.2 Å². The van der Waals surface area contributed by atoms with E-state index in [4.69, 9.17) is 5.84 Å². The van der Waals surface area contributed by atoms with E-state index in [1.165, 1.54) is 0 Å². The lowest BCUT2D eigenvalue weighted by molar-refractivity contribution is 0.633. The molecule has 3 nitrogen and oxygen atoms in total. The van der Waals surface area contributed by atoms with Gasteiger partial charge in [-0.1, -0.05) is 0 Å². The number of benzene rings is 1. The summed E-state index contributed by atoms with van der Waals surface area (Å²) in [5, 5.41) is 0.409. The number of halogens is 2. The zero-order valence-electron chi connectivity index (χ0n) is 8.01. The van der Waals surface area contributed by atoms with E-state index in [2.05, 4.69) is 26.3 Å². The summed E-state index contributed by atoms with van der Waals surface area (Å²) >= 11 is 3.16. The van der Waals surface area contributed by atoms with Gasteiger partial charge in [0.15, 0.2) is 0 Å². The minimum absolute atomic E-state index is 0.350.